The Bertz CT molecular complexity index is 700. The van der Waals surface area contributed by atoms with Crippen LogP contribution in [0.5, 0.6) is 0 Å². The summed E-state index contributed by atoms with van der Waals surface area (Å²) in [5.74, 6) is -0.850. The van der Waals surface area contributed by atoms with E-state index >= 15 is 0 Å². The highest BCUT2D eigenvalue weighted by molar-refractivity contribution is 5.87. The molecule has 1 aromatic carbocycles. The molecule has 0 unspecified atom stereocenters. The molecule has 7 heteroatoms. The number of benzene rings is 1. The van der Waals surface area contributed by atoms with Crippen LogP contribution >= 0.6 is 0 Å². The van der Waals surface area contributed by atoms with Crippen molar-refractivity contribution in [3.05, 3.63) is 63.3 Å². The minimum atomic E-state index is -1.02. The van der Waals surface area contributed by atoms with Crippen molar-refractivity contribution < 1.29 is 14.8 Å². The lowest BCUT2D eigenvalue weighted by atomic mass is 10.1. The van der Waals surface area contributed by atoms with Gasteiger partial charge in [-0.1, -0.05) is 12.1 Å². The summed E-state index contributed by atoms with van der Waals surface area (Å²) >= 11 is 0. The molecule has 108 valence electrons. The Morgan fingerprint density at radius 3 is 2.81 bits per heavy atom. The van der Waals surface area contributed by atoms with Gasteiger partial charge in [-0.2, -0.15) is 0 Å². The predicted molar refractivity (Wildman–Crippen MR) is 76.4 cm³/mol. The van der Waals surface area contributed by atoms with Crippen molar-refractivity contribution in [1.82, 2.24) is 4.98 Å². The van der Waals surface area contributed by atoms with Gasteiger partial charge >= 0.3 is 11.7 Å². The van der Waals surface area contributed by atoms with Crippen LogP contribution in [0.15, 0.2) is 36.4 Å². The fourth-order valence-electron chi connectivity index (χ4n) is 1.83. The lowest BCUT2D eigenvalue weighted by Crippen LogP contribution is -2.06. The number of rotatable bonds is 5. The van der Waals surface area contributed by atoms with Gasteiger partial charge in [0.25, 0.3) is 0 Å². The maximum atomic E-state index is 10.9. The Balaban J connectivity index is 2.20. The zero-order valence-electron chi connectivity index (χ0n) is 11.2. The molecule has 0 fully saturated rings. The van der Waals surface area contributed by atoms with Crippen LogP contribution in [0.1, 0.15) is 21.6 Å². The first-order valence-electron chi connectivity index (χ1n) is 6.15. The number of carboxylic acids is 1. The average Bonchev–Trinajstić information content (AvgIpc) is 2.45. The first-order chi connectivity index (χ1) is 9.97. The van der Waals surface area contributed by atoms with Gasteiger partial charge in [-0.05, 0) is 30.7 Å². The standard InChI is InChI=1S/C14H13N3O4/c1-9-5-6-12(17(20)21)13(16-9)15-8-10-3-2-4-11(7-10)14(18)19/h2-7H,8H2,1H3,(H,15,16)(H,18,19). The van der Waals surface area contributed by atoms with Crippen LogP contribution in [-0.4, -0.2) is 21.0 Å². The molecule has 7 nitrogen and oxygen atoms in total. The van der Waals surface area contributed by atoms with Gasteiger partial charge in [0.2, 0.25) is 5.82 Å². The normalized spacial score (nSPS) is 10.1. The Morgan fingerprint density at radius 2 is 2.14 bits per heavy atom. The number of anilines is 1. The number of nitro groups is 1. The molecule has 0 amide bonds. The summed E-state index contributed by atoms with van der Waals surface area (Å²) in [4.78, 5) is 25.4. The number of carbonyl (C=O) groups is 1. The van der Waals surface area contributed by atoms with E-state index in [-0.39, 0.29) is 23.6 Å². The monoisotopic (exact) mass is 287 g/mol. The zero-order valence-corrected chi connectivity index (χ0v) is 11.2. The number of aromatic carboxylic acids is 1. The number of carboxylic acid groups (broad SMARTS) is 1. The largest absolute Gasteiger partial charge is 0.478 e. The molecule has 0 bridgehead atoms. The highest BCUT2D eigenvalue weighted by Gasteiger charge is 2.15. The lowest BCUT2D eigenvalue weighted by Gasteiger charge is -2.07. The molecule has 0 spiro atoms. The third-order valence-corrected chi connectivity index (χ3v) is 2.84. The minimum absolute atomic E-state index is 0.116. The third-order valence-electron chi connectivity index (χ3n) is 2.84. The molecular weight excluding hydrogens is 274 g/mol. The van der Waals surface area contributed by atoms with Gasteiger partial charge < -0.3 is 10.4 Å². The van der Waals surface area contributed by atoms with E-state index in [0.717, 1.165) is 0 Å². The number of nitrogens with zero attached hydrogens (tertiary/aromatic N) is 2. The molecule has 0 saturated carbocycles. The Kier molecular flexibility index (Phi) is 4.13. The summed E-state index contributed by atoms with van der Waals surface area (Å²) in [7, 11) is 0. The van der Waals surface area contributed by atoms with Crippen molar-refractivity contribution >= 4 is 17.5 Å². The molecule has 0 aliphatic heterocycles. The summed E-state index contributed by atoms with van der Waals surface area (Å²) < 4.78 is 0. The molecule has 1 aromatic heterocycles. The van der Waals surface area contributed by atoms with E-state index in [2.05, 4.69) is 10.3 Å². The Morgan fingerprint density at radius 1 is 1.38 bits per heavy atom. The first kappa shape index (κ1) is 14.4. The molecule has 0 aliphatic carbocycles. The lowest BCUT2D eigenvalue weighted by molar-refractivity contribution is -0.384. The van der Waals surface area contributed by atoms with Crippen molar-refractivity contribution in [2.45, 2.75) is 13.5 Å². The van der Waals surface area contributed by atoms with Gasteiger partial charge in [0.15, 0.2) is 0 Å². The quantitative estimate of drug-likeness (QED) is 0.646. The van der Waals surface area contributed by atoms with Crippen LogP contribution in [0, 0.1) is 17.0 Å². The van der Waals surface area contributed by atoms with E-state index in [9.17, 15) is 14.9 Å². The molecule has 2 N–H and O–H groups in total. The maximum absolute atomic E-state index is 10.9. The SMILES string of the molecule is Cc1ccc([N+](=O)[O-])c(NCc2cccc(C(=O)O)c2)n1. The van der Waals surface area contributed by atoms with Gasteiger partial charge in [0.1, 0.15) is 0 Å². The van der Waals surface area contributed by atoms with Gasteiger partial charge in [0, 0.05) is 18.3 Å². The second-order valence-electron chi connectivity index (χ2n) is 4.44. The minimum Gasteiger partial charge on any atom is -0.478 e. The van der Waals surface area contributed by atoms with Gasteiger partial charge in [-0.3, -0.25) is 10.1 Å². The van der Waals surface area contributed by atoms with E-state index in [1.807, 2.05) is 0 Å². The zero-order chi connectivity index (χ0) is 15.4. The van der Waals surface area contributed by atoms with Gasteiger partial charge in [-0.25, -0.2) is 9.78 Å². The molecule has 0 radical (unpaired) electrons. The van der Waals surface area contributed by atoms with E-state index < -0.39 is 10.9 Å². The fourth-order valence-corrected chi connectivity index (χ4v) is 1.83. The molecule has 2 aromatic rings. The number of hydrogen-bond acceptors (Lipinski definition) is 5. The number of aryl methyl sites for hydroxylation is 1. The second-order valence-corrected chi connectivity index (χ2v) is 4.44. The third kappa shape index (κ3) is 3.53. The van der Waals surface area contributed by atoms with E-state index in [1.54, 1.807) is 25.1 Å². The Hall–Kier alpha value is -2.96. The molecular formula is C14H13N3O4. The van der Waals surface area contributed by atoms with Crippen LogP contribution in [0.2, 0.25) is 0 Å². The summed E-state index contributed by atoms with van der Waals surface area (Å²) in [5, 5.41) is 22.7. The molecule has 21 heavy (non-hydrogen) atoms. The van der Waals surface area contributed by atoms with Crippen LogP contribution < -0.4 is 5.32 Å². The average molecular weight is 287 g/mol. The summed E-state index contributed by atoms with van der Waals surface area (Å²) in [6.07, 6.45) is 0. The highest BCUT2D eigenvalue weighted by Crippen LogP contribution is 2.22. The Labute approximate surface area is 120 Å². The van der Waals surface area contributed by atoms with E-state index in [1.165, 1.54) is 18.2 Å². The maximum Gasteiger partial charge on any atom is 0.335 e. The van der Waals surface area contributed by atoms with Crippen molar-refractivity contribution in [3.8, 4) is 0 Å². The summed E-state index contributed by atoms with van der Waals surface area (Å²) in [5.41, 5.74) is 1.41. The molecule has 0 aliphatic rings. The molecule has 1 heterocycles. The topological polar surface area (TPSA) is 105 Å². The highest BCUT2D eigenvalue weighted by atomic mass is 16.6. The van der Waals surface area contributed by atoms with E-state index in [0.29, 0.717) is 11.3 Å². The summed E-state index contributed by atoms with van der Waals surface area (Å²) in [6, 6.07) is 9.31. The van der Waals surface area contributed by atoms with Crippen molar-refractivity contribution in [1.29, 1.82) is 0 Å². The van der Waals surface area contributed by atoms with Crippen molar-refractivity contribution in [2.24, 2.45) is 0 Å². The van der Waals surface area contributed by atoms with Gasteiger partial charge in [0.05, 0.1) is 10.5 Å². The fraction of sp³-hybridized carbons (Fsp3) is 0.143. The smallest absolute Gasteiger partial charge is 0.335 e. The van der Waals surface area contributed by atoms with Crippen molar-refractivity contribution in [3.63, 3.8) is 0 Å². The van der Waals surface area contributed by atoms with Crippen LogP contribution in [0.4, 0.5) is 11.5 Å². The van der Waals surface area contributed by atoms with Crippen LogP contribution in [0.25, 0.3) is 0 Å². The number of nitrogens with one attached hydrogen (secondary N) is 1. The molecule has 0 saturated heterocycles. The number of aromatic nitrogens is 1. The van der Waals surface area contributed by atoms with E-state index in [4.69, 9.17) is 5.11 Å². The number of pyridine rings is 1. The van der Waals surface area contributed by atoms with Gasteiger partial charge in [-0.15, -0.1) is 0 Å². The molecule has 0 atom stereocenters. The molecule has 2 rings (SSSR count). The summed E-state index contributed by atoms with van der Waals surface area (Å²) in [6.45, 7) is 1.98. The van der Waals surface area contributed by atoms with Crippen molar-refractivity contribution in [2.75, 3.05) is 5.32 Å². The second kappa shape index (κ2) is 6.00. The first-order valence-corrected chi connectivity index (χ1v) is 6.15. The number of hydrogen-bond donors (Lipinski definition) is 2. The van der Waals surface area contributed by atoms with Crippen LogP contribution in [0.3, 0.4) is 0 Å². The predicted octanol–water partition coefficient (Wildman–Crippen LogP) is 2.61. The van der Waals surface area contributed by atoms with Crippen LogP contribution in [-0.2, 0) is 6.54 Å².